The van der Waals surface area contributed by atoms with Crippen LogP contribution in [0.3, 0.4) is 0 Å². The molecule has 0 aromatic rings. The van der Waals surface area contributed by atoms with Gasteiger partial charge in [0, 0.05) is 0 Å². The molecule has 0 aliphatic rings. The molecule has 0 aromatic heterocycles. The summed E-state index contributed by atoms with van der Waals surface area (Å²) in [5.41, 5.74) is 0. The SMILES string of the molecule is CC(C)[O][Fe].CCCCCC(O)CC. The van der Waals surface area contributed by atoms with E-state index in [0.717, 1.165) is 12.8 Å². The molecule has 0 spiro atoms. The summed E-state index contributed by atoms with van der Waals surface area (Å²) in [6.45, 7) is 8.08. The Bertz CT molecular complexity index is 97.3. The Morgan fingerprint density at radius 3 is 2.00 bits per heavy atom. The van der Waals surface area contributed by atoms with Gasteiger partial charge in [0.1, 0.15) is 0 Å². The van der Waals surface area contributed by atoms with E-state index >= 15 is 0 Å². The summed E-state index contributed by atoms with van der Waals surface area (Å²) in [5, 5.41) is 9.08. The van der Waals surface area contributed by atoms with Crippen molar-refractivity contribution in [1.29, 1.82) is 0 Å². The molecule has 14 heavy (non-hydrogen) atoms. The third-order valence-corrected chi connectivity index (χ3v) is 2.30. The van der Waals surface area contributed by atoms with Gasteiger partial charge in [0.05, 0.1) is 6.10 Å². The van der Waals surface area contributed by atoms with Crippen molar-refractivity contribution in [3.8, 4) is 0 Å². The first-order valence-electron chi connectivity index (χ1n) is 5.52. The number of rotatable bonds is 6. The van der Waals surface area contributed by atoms with Gasteiger partial charge in [0.25, 0.3) is 0 Å². The number of aliphatic hydroxyl groups is 1. The summed E-state index contributed by atoms with van der Waals surface area (Å²) in [6.07, 6.45) is 5.82. The van der Waals surface area contributed by atoms with Crippen LogP contribution in [-0.2, 0) is 20.2 Å². The molecule has 1 atom stereocenters. The van der Waals surface area contributed by atoms with E-state index in [1.165, 1.54) is 19.3 Å². The van der Waals surface area contributed by atoms with Gasteiger partial charge in [-0.1, -0.05) is 33.1 Å². The van der Waals surface area contributed by atoms with Crippen LogP contribution in [0, 0.1) is 0 Å². The average molecular weight is 245 g/mol. The smallest absolute Gasteiger partial charge is 0.0537 e. The van der Waals surface area contributed by atoms with E-state index in [2.05, 4.69) is 27.1 Å². The van der Waals surface area contributed by atoms with Crippen LogP contribution in [0.25, 0.3) is 0 Å². The Hall–Kier alpha value is 0.439. The van der Waals surface area contributed by atoms with Gasteiger partial charge in [-0.05, 0) is 12.8 Å². The second kappa shape index (κ2) is 13.4. The minimum absolute atomic E-state index is 0.0449. The first-order chi connectivity index (χ1) is 6.58. The third-order valence-electron chi connectivity index (χ3n) is 1.78. The predicted octanol–water partition coefficient (Wildman–Crippen LogP) is 3.21. The Balaban J connectivity index is 0. The number of hydrogen-bond donors (Lipinski definition) is 1. The average Bonchev–Trinajstić information content (AvgIpc) is 2.19. The molecule has 0 rings (SSSR count). The van der Waals surface area contributed by atoms with Gasteiger partial charge >= 0.3 is 40.1 Å². The molecule has 0 saturated carbocycles. The van der Waals surface area contributed by atoms with Gasteiger partial charge in [-0.2, -0.15) is 0 Å². The Morgan fingerprint density at radius 1 is 1.21 bits per heavy atom. The first kappa shape index (κ1) is 16.9. The zero-order valence-corrected chi connectivity index (χ0v) is 11.0. The van der Waals surface area contributed by atoms with Crippen molar-refractivity contribution in [2.24, 2.45) is 0 Å². The number of hydrogen-bond acceptors (Lipinski definition) is 2. The minimum Gasteiger partial charge on any atom is -0.393 e. The molecule has 0 amide bonds. The van der Waals surface area contributed by atoms with Crippen LogP contribution in [0.1, 0.15) is 59.8 Å². The molecular weight excluding hydrogens is 220 g/mol. The summed E-state index contributed by atoms with van der Waals surface area (Å²) in [7, 11) is 0. The summed E-state index contributed by atoms with van der Waals surface area (Å²) in [5.74, 6) is 0. The molecule has 1 N–H and O–H groups in total. The fourth-order valence-electron chi connectivity index (χ4n) is 0.834. The summed E-state index contributed by atoms with van der Waals surface area (Å²) in [6, 6.07) is 0. The van der Waals surface area contributed by atoms with Crippen molar-refractivity contribution in [1.82, 2.24) is 0 Å². The fraction of sp³-hybridized carbons (Fsp3) is 1.00. The van der Waals surface area contributed by atoms with Gasteiger partial charge in [-0.15, -0.1) is 0 Å². The van der Waals surface area contributed by atoms with Crippen molar-refractivity contribution in [3.05, 3.63) is 0 Å². The van der Waals surface area contributed by atoms with Crippen molar-refractivity contribution >= 4 is 0 Å². The summed E-state index contributed by atoms with van der Waals surface area (Å²) in [4.78, 5) is 0. The second-order valence-electron chi connectivity index (χ2n) is 3.69. The van der Waals surface area contributed by atoms with Gasteiger partial charge in [-0.3, -0.25) is 0 Å². The van der Waals surface area contributed by atoms with Crippen molar-refractivity contribution in [3.63, 3.8) is 0 Å². The van der Waals surface area contributed by atoms with Gasteiger partial charge in [0.2, 0.25) is 0 Å². The van der Waals surface area contributed by atoms with E-state index in [1.807, 2.05) is 20.8 Å². The Kier molecular flexibility index (Phi) is 16.2. The maximum absolute atomic E-state index is 9.08. The number of unbranched alkanes of at least 4 members (excludes halogenated alkanes) is 2. The third kappa shape index (κ3) is 18.3. The van der Waals surface area contributed by atoms with Crippen LogP contribution in [0.2, 0.25) is 0 Å². The van der Waals surface area contributed by atoms with E-state index in [9.17, 15) is 0 Å². The number of aliphatic hydroxyl groups excluding tert-OH is 1. The Morgan fingerprint density at radius 2 is 1.71 bits per heavy atom. The van der Waals surface area contributed by atoms with Crippen molar-refractivity contribution in [2.45, 2.75) is 72.0 Å². The molecule has 0 radical (unpaired) electrons. The topological polar surface area (TPSA) is 29.5 Å². The van der Waals surface area contributed by atoms with Crippen LogP contribution in [0.4, 0.5) is 0 Å². The quantitative estimate of drug-likeness (QED) is 0.575. The molecule has 0 bridgehead atoms. The van der Waals surface area contributed by atoms with Crippen LogP contribution in [-0.4, -0.2) is 17.3 Å². The summed E-state index contributed by atoms with van der Waals surface area (Å²) >= 11 is 3.19. The van der Waals surface area contributed by atoms with Crippen LogP contribution >= 0.6 is 0 Å². The largest absolute Gasteiger partial charge is 0.393 e. The molecule has 0 aliphatic heterocycles. The molecule has 0 aromatic carbocycles. The standard InChI is InChI=1S/C8H18O.C3H7O.Fe/c1-3-5-6-7-8(9)4-2;1-3(2)4;/h8-9H,3-7H2,1-2H3;3H,1-2H3;/q;-1;+1. The molecule has 0 heterocycles. The van der Waals surface area contributed by atoms with Crippen LogP contribution in [0.15, 0.2) is 0 Å². The predicted molar refractivity (Wildman–Crippen MR) is 56.7 cm³/mol. The van der Waals surface area contributed by atoms with E-state index in [1.54, 1.807) is 0 Å². The van der Waals surface area contributed by atoms with Crippen molar-refractivity contribution < 1.29 is 25.3 Å². The molecule has 2 nitrogen and oxygen atoms in total. The maximum Gasteiger partial charge on any atom is 0.0537 e. The fourth-order valence-corrected chi connectivity index (χ4v) is 0.834. The second-order valence-corrected chi connectivity index (χ2v) is 3.95. The molecule has 1 unspecified atom stereocenters. The summed E-state index contributed by atoms with van der Waals surface area (Å²) < 4.78 is 4.50. The molecular formula is C11H25FeO2. The van der Waals surface area contributed by atoms with Crippen molar-refractivity contribution in [2.75, 3.05) is 0 Å². The first-order valence-corrected chi connectivity index (χ1v) is 5.97. The van der Waals surface area contributed by atoms with Gasteiger partial charge < -0.3 is 5.11 Å². The van der Waals surface area contributed by atoms with Gasteiger partial charge in [-0.25, -0.2) is 0 Å². The molecule has 0 fully saturated rings. The van der Waals surface area contributed by atoms with E-state index in [0.29, 0.717) is 0 Å². The molecule has 3 heteroatoms. The zero-order valence-electron chi connectivity index (χ0n) is 9.90. The monoisotopic (exact) mass is 245 g/mol. The molecule has 89 valence electrons. The van der Waals surface area contributed by atoms with Crippen LogP contribution in [0.5, 0.6) is 0 Å². The molecule has 0 aliphatic carbocycles. The molecule has 0 saturated heterocycles. The van der Waals surface area contributed by atoms with E-state index < -0.39 is 0 Å². The van der Waals surface area contributed by atoms with E-state index in [-0.39, 0.29) is 12.2 Å². The normalized spacial score (nSPS) is 12.2. The zero-order chi connectivity index (χ0) is 11.4. The van der Waals surface area contributed by atoms with Gasteiger partial charge in [0.15, 0.2) is 0 Å². The van der Waals surface area contributed by atoms with E-state index in [4.69, 9.17) is 5.11 Å². The minimum atomic E-state index is -0.0449. The Labute approximate surface area is 97.6 Å². The maximum atomic E-state index is 9.08. The van der Waals surface area contributed by atoms with Crippen LogP contribution < -0.4 is 0 Å².